The van der Waals surface area contributed by atoms with Crippen LogP contribution in [0, 0.1) is 0 Å². The number of H-pyrrole nitrogens is 1. The van der Waals surface area contributed by atoms with Crippen LogP contribution in [0.2, 0.25) is 0 Å². The molecule has 0 unspecified atom stereocenters. The number of aryl methyl sites for hydroxylation is 2. The third kappa shape index (κ3) is 4.08. The van der Waals surface area contributed by atoms with E-state index >= 15 is 0 Å². The van der Waals surface area contributed by atoms with Gasteiger partial charge in [-0.1, -0.05) is 55.1 Å². The Hall–Kier alpha value is -3.54. The Bertz CT molecular complexity index is 1220. The number of nitrogens with zero attached hydrogens (tertiary/aromatic N) is 1. The molecule has 0 bridgehead atoms. The molecule has 0 saturated heterocycles. The zero-order valence-corrected chi connectivity index (χ0v) is 16.0. The highest BCUT2D eigenvalue weighted by Gasteiger charge is 2.30. The van der Waals surface area contributed by atoms with Gasteiger partial charge in [-0.2, -0.15) is 13.2 Å². The summed E-state index contributed by atoms with van der Waals surface area (Å²) in [5.74, 6) is 0.705. The molecule has 2 N–H and O–H groups in total. The number of aromatic amines is 1. The van der Waals surface area contributed by atoms with Crippen molar-refractivity contribution < 1.29 is 18.3 Å². The number of fused-ring (bicyclic) bond motifs is 1. The molecule has 1 aromatic heterocycles. The predicted molar refractivity (Wildman–Crippen MR) is 112 cm³/mol. The minimum absolute atomic E-state index is 0.00270. The quantitative estimate of drug-likeness (QED) is 0.367. The molecule has 4 rings (SSSR count). The fraction of sp³-hybridized carbons (Fsp3) is 0.125. The van der Waals surface area contributed by atoms with E-state index in [1.165, 1.54) is 12.1 Å². The molecule has 0 fully saturated rings. The van der Waals surface area contributed by atoms with Crippen LogP contribution >= 0.6 is 0 Å². The molecule has 0 amide bonds. The smallest absolute Gasteiger partial charge is 0.416 e. The maximum Gasteiger partial charge on any atom is 0.416 e. The number of hydrogen-bond donors (Lipinski definition) is 2. The number of nitrogens with one attached hydrogen (secondary N) is 1. The Balaban J connectivity index is 1.57. The Labute approximate surface area is 171 Å². The number of rotatable bonds is 5. The van der Waals surface area contributed by atoms with Crippen LogP contribution in [0.1, 0.15) is 22.5 Å². The first kappa shape index (κ1) is 19.8. The third-order valence-electron chi connectivity index (χ3n) is 4.98. The number of aliphatic hydroxyl groups excluding tert-OH is 1. The monoisotopic (exact) mass is 408 g/mol. The highest BCUT2D eigenvalue weighted by molar-refractivity contribution is 5.85. The van der Waals surface area contributed by atoms with E-state index in [0.717, 1.165) is 28.2 Å². The van der Waals surface area contributed by atoms with Gasteiger partial charge >= 0.3 is 6.18 Å². The van der Waals surface area contributed by atoms with Crippen LogP contribution in [-0.2, 0) is 19.0 Å². The van der Waals surface area contributed by atoms with Gasteiger partial charge < -0.3 is 10.1 Å². The first-order valence-corrected chi connectivity index (χ1v) is 9.44. The minimum atomic E-state index is -4.35. The fourth-order valence-corrected chi connectivity index (χ4v) is 3.50. The maximum atomic E-state index is 12.9. The number of hydrogen-bond acceptors (Lipinski definition) is 2. The van der Waals surface area contributed by atoms with E-state index in [0.29, 0.717) is 29.8 Å². The van der Waals surface area contributed by atoms with E-state index in [-0.39, 0.29) is 5.76 Å². The van der Waals surface area contributed by atoms with Gasteiger partial charge in [0.05, 0.1) is 16.6 Å². The molecule has 0 aliphatic carbocycles. The molecule has 4 aromatic rings. The summed E-state index contributed by atoms with van der Waals surface area (Å²) in [4.78, 5) is 7.80. The maximum absolute atomic E-state index is 12.9. The van der Waals surface area contributed by atoms with Gasteiger partial charge in [0.2, 0.25) is 0 Å². The highest BCUT2D eigenvalue weighted by atomic mass is 19.4. The number of aliphatic hydroxyl groups is 1. The molecule has 0 aliphatic rings. The van der Waals surface area contributed by atoms with Crippen molar-refractivity contribution in [3.05, 3.63) is 95.8 Å². The Morgan fingerprint density at radius 3 is 2.53 bits per heavy atom. The van der Waals surface area contributed by atoms with E-state index in [1.807, 2.05) is 36.4 Å². The van der Waals surface area contributed by atoms with Crippen molar-refractivity contribution in [1.29, 1.82) is 0 Å². The van der Waals surface area contributed by atoms with Crippen molar-refractivity contribution in [1.82, 2.24) is 9.97 Å². The number of aromatic nitrogens is 2. The zero-order valence-electron chi connectivity index (χ0n) is 16.0. The lowest BCUT2D eigenvalue weighted by molar-refractivity contribution is -0.137. The second-order valence-corrected chi connectivity index (χ2v) is 7.11. The first-order valence-electron chi connectivity index (χ1n) is 9.44. The summed E-state index contributed by atoms with van der Waals surface area (Å²) >= 11 is 0. The fourth-order valence-electron chi connectivity index (χ4n) is 3.50. The lowest BCUT2D eigenvalue weighted by Gasteiger charge is -2.08. The van der Waals surface area contributed by atoms with Crippen LogP contribution in [0.3, 0.4) is 0 Å². The summed E-state index contributed by atoms with van der Waals surface area (Å²) < 4.78 is 38.7. The van der Waals surface area contributed by atoms with E-state index in [2.05, 4.69) is 16.5 Å². The Kier molecular flexibility index (Phi) is 5.08. The van der Waals surface area contributed by atoms with E-state index < -0.39 is 11.7 Å². The second kappa shape index (κ2) is 7.71. The molecule has 0 spiro atoms. The number of imidazole rings is 1. The van der Waals surface area contributed by atoms with Crippen molar-refractivity contribution >= 4 is 16.8 Å². The molecule has 30 heavy (non-hydrogen) atoms. The molecule has 3 aromatic carbocycles. The molecular formula is C24H19F3N2O. The summed E-state index contributed by atoms with van der Waals surface area (Å²) in [5.41, 5.74) is 3.98. The van der Waals surface area contributed by atoms with Gasteiger partial charge in [0.15, 0.2) is 0 Å². The van der Waals surface area contributed by atoms with E-state index in [4.69, 9.17) is 0 Å². The van der Waals surface area contributed by atoms with Crippen molar-refractivity contribution in [2.75, 3.05) is 0 Å². The predicted octanol–water partition coefficient (Wildman–Crippen LogP) is 6.56. The van der Waals surface area contributed by atoms with Gasteiger partial charge in [0, 0.05) is 12.0 Å². The van der Waals surface area contributed by atoms with Crippen molar-refractivity contribution in [2.45, 2.75) is 19.0 Å². The molecule has 0 aliphatic heterocycles. The lowest BCUT2D eigenvalue weighted by atomic mass is 9.98. The molecule has 1 heterocycles. The summed E-state index contributed by atoms with van der Waals surface area (Å²) in [6, 6.07) is 18.5. The molecule has 0 atom stereocenters. The average Bonchev–Trinajstić information content (AvgIpc) is 3.14. The van der Waals surface area contributed by atoms with Crippen LogP contribution in [0.5, 0.6) is 0 Å². The van der Waals surface area contributed by atoms with Gasteiger partial charge in [-0.3, -0.25) is 0 Å². The van der Waals surface area contributed by atoms with Crippen LogP contribution in [0.4, 0.5) is 13.2 Å². The topological polar surface area (TPSA) is 48.9 Å². The van der Waals surface area contributed by atoms with Crippen molar-refractivity contribution in [2.24, 2.45) is 0 Å². The SMILES string of the molecule is C=C(O)c1ccccc1-c1ccc2nc(CCc3cccc(C(F)(F)F)c3)[nH]c2c1. The summed E-state index contributed by atoms with van der Waals surface area (Å²) in [6.45, 7) is 3.62. The largest absolute Gasteiger partial charge is 0.508 e. The van der Waals surface area contributed by atoms with Crippen LogP contribution in [0.15, 0.2) is 73.3 Å². The van der Waals surface area contributed by atoms with Crippen LogP contribution in [0.25, 0.3) is 27.9 Å². The molecule has 3 nitrogen and oxygen atoms in total. The normalized spacial score (nSPS) is 11.7. The van der Waals surface area contributed by atoms with Gasteiger partial charge in [0.25, 0.3) is 0 Å². The van der Waals surface area contributed by atoms with Gasteiger partial charge in [-0.15, -0.1) is 0 Å². The lowest BCUT2D eigenvalue weighted by Crippen LogP contribution is -2.05. The number of alkyl halides is 3. The summed E-state index contributed by atoms with van der Waals surface area (Å²) in [6.07, 6.45) is -3.40. The minimum Gasteiger partial charge on any atom is -0.508 e. The van der Waals surface area contributed by atoms with Crippen molar-refractivity contribution in [3.63, 3.8) is 0 Å². The molecule has 0 saturated carbocycles. The number of benzene rings is 3. The molecular weight excluding hydrogens is 389 g/mol. The summed E-state index contributed by atoms with van der Waals surface area (Å²) in [7, 11) is 0. The highest BCUT2D eigenvalue weighted by Crippen LogP contribution is 2.31. The van der Waals surface area contributed by atoms with Gasteiger partial charge in [-0.05, 0) is 41.3 Å². The molecule has 152 valence electrons. The van der Waals surface area contributed by atoms with Gasteiger partial charge in [-0.25, -0.2) is 4.98 Å². The Morgan fingerprint density at radius 1 is 0.967 bits per heavy atom. The standard InChI is InChI=1S/C24H19F3N2O/c1-15(30)19-7-2-3-8-20(19)17-10-11-21-22(14-17)29-23(28-21)12-9-16-5-4-6-18(13-16)24(25,26)27/h2-8,10-11,13-14,30H,1,9,12H2,(H,28,29). The van der Waals surface area contributed by atoms with Crippen molar-refractivity contribution in [3.8, 4) is 11.1 Å². The second-order valence-electron chi connectivity index (χ2n) is 7.11. The zero-order chi connectivity index (χ0) is 21.3. The average molecular weight is 408 g/mol. The molecule has 0 radical (unpaired) electrons. The number of halogens is 3. The third-order valence-corrected chi connectivity index (χ3v) is 4.98. The van der Waals surface area contributed by atoms with E-state index in [1.54, 1.807) is 12.1 Å². The van der Waals surface area contributed by atoms with Gasteiger partial charge in [0.1, 0.15) is 11.6 Å². The Morgan fingerprint density at radius 2 is 1.77 bits per heavy atom. The van der Waals surface area contributed by atoms with Crippen LogP contribution < -0.4 is 0 Å². The van der Waals surface area contributed by atoms with Crippen LogP contribution in [-0.4, -0.2) is 15.1 Å². The first-order chi connectivity index (χ1) is 14.3. The summed E-state index contributed by atoms with van der Waals surface area (Å²) in [5, 5.41) is 9.85. The molecule has 6 heteroatoms. The van der Waals surface area contributed by atoms with E-state index in [9.17, 15) is 18.3 Å².